The molecule has 0 bridgehead atoms. The third kappa shape index (κ3) is 38.9. The highest BCUT2D eigenvalue weighted by Gasteiger charge is 2.44. The molecule has 0 aromatic rings. The maximum Gasteiger partial charge on any atom is 0.220 e. The molecule has 1 saturated heterocycles. The van der Waals surface area contributed by atoms with Crippen LogP contribution in [0.4, 0.5) is 0 Å². The van der Waals surface area contributed by atoms with Crippen molar-refractivity contribution in [1.29, 1.82) is 0 Å². The molecular formula is C60H107NO8. The largest absolute Gasteiger partial charge is 0.394 e. The molecule has 0 aromatic carbocycles. The number of aliphatic hydroxyl groups is 5. The lowest BCUT2D eigenvalue weighted by Gasteiger charge is -2.40. The summed E-state index contributed by atoms with van der Waals surface area (Å²) < 4.78 is 11.3. The first-order chi connectivity index (χ1) is 33.8. The maximum absolute atomic E-state index is 13.0. The second-order valence-corrected chi connectivity index (χ2v) is 19.7. The van der Waals surface area contributed by atoms with Gasteiger partial charge in [-0.2, -0.15) is 0 Å². The molecule has 0 aliphatic carbocycles. The molecule has 0 radical (unpaired) electrons. The van der Waals surface area contributed by atoms with Crippen LogP contribution >= 0.6 is 0 Å². The standard InChI is InChI=1S/C60H107NO8/c1-3-5-7-9-11-13-15-17-19-21-22-23-24-25-26-27-28-29-30-31-32-34-36-38-40-42-44-46-48-50-56(64)61-53(52-68-60-59(67)58(66)57(65)55(51-62)69-60)54(63)49-47-45-43-41-39-37-35-33-20-18-16-14-12-10-8-6-4-2/h5,7,11,13,17,19,22-23,39,41,47,49,53-55,57-60,62-63,65-67H,3-4,6,8-10,12,14-16,18,20-21,24-38,40,42-46,48,50-52H2,1-2H3,(H,61,64)/b7-5-,13-11-,19-17-,23-22-,41-39+,49-47+. The number of amides is 1. The summed E-state index contributed by atoms with van der Waals surface area (Å²) in [6.45, 7) is 3.66. The number of carbonyl (C=O) groups excluding carboxylic acids is 1. The zero-order valence-corrected chi connectivity index (χ0v) is 44.3. The number of hydrogen-bond donors (Lipinski definition) is 6. The first-order valence-electron chi connectivity index (χ1n) is 28.7. The van der Waals surface area contributed by atoms with Crippen molar-refractivity contribution in [2.24, 2.45) is 0 Å². The van der Waals surface area contributed by atoms with Gasteiger partial charge in [-0.15, -0.1) is 0 Å². The van der Waals surface area contributed by atoms with Crippen LogP contribution in [0.15, 0.2) is 72.9 Å². The molecule has 0 saturated carbocycles. The molecule has 400 valence electrons. The molecule has 0 aromatic heterocycles. The van der Waals surface area contributed by atoms with Gasteiger partial charge in [0.2, 0.25) is 5.91 Å². The number of aliphatic hydroxyl groups excluding tert-OH is 5. The highest BCUT2D eigenvalue weighted by molar-refractivity contribution is 5.76. The zero-order valence-electron chi connectivity index (χ0n) is 44.3. The van der Waals surface area contributed by atoms with E-state index in [0.717, 1.165) is 64.2 Å². The van der Waals surface area contributed by atoms with Gasteiger partial charge in [-0.1, -0.05) is 241 Å². The van der Waals surface area contributed by atoms with Crippen LogP contribution in [-0.4, -0.2) is 87.5 Å². The maximum atomic E-state index is 13.0. The molecular weight excluding hydrogens is 863 g/mol. The SMILES string of the molecule is CC/C=C\C/C=C\C/C=C\C/C=C\CCCCCCCCCCCCCCCCCCC(=O)NC(COC1OC(CO)C(O)C(O)C1O)C(O)/C=C/CC/C=C/CCCCCCCCCCCCC. The molecule has 1 amide bonds. The molecule has 7 unspecified atom stereocenters. The Balaban J connectivity index is 2.21. The Morgan fingerprint density at radius 1 is 0.507 bits per heavy atom. The number of rotatable bonds is 48. The van der Waals surface area contributed by atoms with Crippen molar-refractivity contribution in [3.63, 3.8) is 0 Å². The van der Waals surface area contributed by atoms with Gasteiger partial charge in [0, 0.05) is 6.42 Å². The van der Waals surface area contributed by atoms with Gasteiger partial charge in [-0.05, 0) is 70.6 Å². The van der Waals surface area contributed by atoms with E-state index < -0.39 is 49.5 Å². The first-order valence-corrected chi connectivity index (χ1v) is 28.7. The molecule has 1 rings (SSSR count). The van der Waals surface area contributed by atoms with Gasteiger partial charge in [-0.25, -0.2) is 0 Å². The molecule has 0 spiro atoms. The first kappa shape index (κ1) is 64.6. The topological polar surface area (TPSA) is 149 Å². The molecule has 6 N–H and O–H groups in total. The van der Waals surface area contributed by atoms with Gasteiger partial charge < -0.3 is 40.3 Å². The third-order valence-electron chi connectivity index (χ3n) is 13.3. The fraction of sp³-hybridized carbons (Fsp3) is 0.783. The van der Waals surface area contributed by atoms with E-state index in [1.54, 1.807) is 6.08 Å². The quantitative estimate of drug-likeness (QED) is 0.0261. The van der Waals surface area contributed by atoms with E-state index in [1.807, 2.05) is 6.08 Å². The van der Waals surface area contributed by atoms with Crippen LogP contribution in [-0.2, 0) is 14.3 Å². The van der Waals surface area contributed by atoms with Crippen molar-refractivity contribution >= 4 is 5.91 Å². The normalized spacial score (nSPS) is 20.0. The second kappa shape index (κ2) is 49.2. The van der Waals surface area contributed by atoms with Crippen LogP contribution in [0.3, 0.4) is 0 Å². The summed E-state index contributed by atoms with van der Waals surface area (Å²) >= 11 is 0. The van der Waals surface area contributed by atoms with E-state index in [1.165, 1.54) is 161 Å². The summed E-state index contributed by atoms with van der Waals surface area (Å²) in [6, 6.07) is -0.824. The number of allylic oxidation sites excluding steroid dienone is 11. The van der Waals surface area contributed by atoms with Crippen LogP contribution in [0, 0.1) is 0 Å². The number of unbranched alkanes of at least 4 members (excludes halogenated alkanes) is 28. The van der Waals surface area contributed by atoms with E-state index in [9.17, 15) is 30.3 Å². The van der Waals surface area contributed by atoms with E-state index in [-0.39, 0.29) is 12.5 Å². The summed E-state index contributed by atoms with van der Waals surface area (Å²) in [4.78, 5) is 13.0. The summed E-state index contributed by atoms with van der Waals surface area (Å²) in [7, 11) is 0. The molecule has 1 aliphatic rings. The van der Waals surface area contributed by atoms with Crippen molar-refractivity contribution in [2.45, 2.75) is 288 Å². The summed E-state index contributed by atoms with van der Waals surface area (Å²) in [6.07, 6.45) is 61.1. The van der Waals surface area contributed by atoms with Gasteiger partial charge in [0.15, 0.2) is 6.29 Å². The lowest BCUT2D eigenvalue weighted by Crippen LogP contribution is -2.60. The summed E-state index contributed by atoms with van der Waals surface area (Å²) in [5, 5.41) is 54.4. The average Bonchev–Trinajstić information content (AvgIpc) is 3.35. The fourth-order valence-electron chi connectivity index (χ4n) is 8.75. The van der Waals surface area contributed by atoms with E-state index in [2.05, 4.69) is 79.9 Å². The minimum absolute atomic E-state index is 0.187. The van der Waals surface area contributed by atoms with Crippen LogP contribution in [0.2, 0.25) is 0 Å². The van der Waals surface area contributed by atoms with Gasteiger partial charge >= 0.3 is 0 Å². The lowest BCUT2D eigenvalue weighted by molar-refractivity contribution is -0.302. The Labute approximate surface area is 423 Å². The fourth-order valence-corrected chi connectivity index (χ4v) is 8.75. The van der Waals surface area contributed by atoms with Crippen molar-refractivity contribution in [2.75, 3.05) is 13.2 Å². The highest BCUT2D eigenvalue weighted by atomic mass is 16.7. The third-order valence-corrected chi connectivity index (χ3v) is 13.3. The van der Waals surface area contributed by atoms with Crippen molar-refractivity contribution < 1.29 is 39.8 Å². The molecule has 1 fully saturated rings. The Hall–Kier alpha value is -2.37. The van der Waals surface area contributed by atoms with E-state index in [0.29, 0.717) is 6.42 Å². The van der Waals surface area contributed by atoms with Gasteiger partial charge in [-0.3, -0.25) is 4.79 Å². The number of hydrogen-bond acceptors (Lipinski definition) is 8. The Morgan fingerprint density at radius 2 is 0.913 bits per heavy atom. The molecule has 9 nitrogen and oxygen atoms in total. The van der Waals surface area contributed by atoms with Crippen LogP contribution in [0.25, 0.3) is 0 Å². The van der Waals surface area contributed by atoms with Crippen molar-refractivity contribution in [1.82, 2.24) is 5.32 Å². The van der Waals surface area contributed by atoms with Crippen LogP contribution in [0.1, 0.15) is 245 Å². The molecule has 7 atom stereocenters. The molecule has 1 heterocycles. The predicted octanol–water partition coefficient (Wildman–Crippen LogP) is 14.1. The van der Waals surface area contributed by atoms with Crippen molar-refractivity contribution in [3.05, 3.63) is 72.9 Å². The predicted molar refractivity (Wildman–Crippen MR) is 290 cm³/mol. The second-order valence-electron chi connectivity index (χ2n) is 19.7. The lowest BCUT2D eigenvalue weighted by atomic mass is 9.99. The van der Waals surface area contributed by atoms with Gasteiger partial charge in [0.25, 0.3) is 0 Å². The molecule has 9 heteroatoms. The number of ether oxygens (including phenoxy) is 2. The van der Waals surface area contributed by atoms with Gasteiger partial charge in [0.05, 0.1) is 25.4 Å². The minimum atomic E-state index is -1.57. The number of carbonyl (C=O) groups is 1. The van der Waals surface area contributed by atoms with Crippen molar-refractivity contribution in [3.8, 4) is 0 Å². The zero-order chi connectivity index (χ0) is 50.1. The molecule has 69 heavy (non-hydrogen) atoms. The number of nitrogens with one attached hydrogen (secondary N) is 1. The monoisotopic (exact) mass is 970 g/mol. The van der Waals surface area contributed by atoms with Crippen LogP contribution in [0.5, 0.6) is 0 Å². The van der Waals surface area contributed by atoms with E-state index >= 15 is 0 Å². The average molecular weight is 971 g/mol. The van der Waals surface area contributed by atoms with Crippen LogP contribution < -0.4 is 5.32 Å². The summed E-state index contributed by atoms with van der Waals surface area (Å²) in [5.74, 6) is -0.187. The smallest absolute Gasteiger partial charge is 0.220 e. The Morgan fingerprint density at radius 3 is 1.39 bits per heavy atom. The van der Waals surface area contributed by atoms with Gasteiger partial charge in [0.1, 0.15) is 24.4 Å². The minimum Gasteiger partial charge on any atom is -0.394 e. The van der Waals surface area contributed by atoms with E-state index in [4.69, 9.17) is 9.47 Å². The molecule has 1 aliphatic heterocycles. The Bertz CT molecular complexity index is 1310. The highest BCUT2D eigenvalue weighted by Crippen LogP contribution is 2.23. The summed E-state index contributed by atoms with van der Waals surface area (Å²) in [5.41, 5.74) is 0. The Kier molecular flexibility index (Phi) is 46.1.